The molecule has 19 heavy (non-hydrogen) atoms. The Kier molecular flexibility index (Phi) is 5.16. The number of morpholine rings is 1. The number of pyridine rings is 1. The molecule has 1 unspecified atom stereocenters. The second-order valence-corrected chi connectivity index (χ2v) is 5.08. The van der Waals surface area contributed by atoms with Crippen LogP contribution in [0.1, 0.15) is 31.5 Å². The second-order valence-electron chi connectivity index (χ2n) is 5.08. The van der Waals surface area contributed by atoms with Crippen LogP contribution < -0.4 is 10.2 Å². The molecule has 1 aromatic rings. The third-order valence-electron chi connectivity index (χ3n) is 3.60. The molecular weight excluding hydrogens is 238 g/mol. The first-order valence-corrected chi connectivity index (χ1v) is 7.27. The molecule has 1 atom stereocenters. The number of aromatic nitrogens is 1. The van der Waals surface area contributed by atoms with Gasteiger partial charge < -0.3 is 15.0 Å². The van der Waals surface area contributed by atoms with E-state index in [2.05, 4.69) is 42.0 Å². The first-order valence-electron chi connectivity index (χ1n) is 7.27. The van der Waals surface area contributed by atoms with E-state index in [1.165, 1.54) is 11.3 Å². The Bertz CT molecular complexity index is 408. The van der Waals surface area contributed by atoms with Crippen LogP contribution in [0.25, 0.3) is 0 Å². The Morgan fingerprint density at radius 1 is 1.47 bits per heavy atom. The van der Waals surface area contributed by atoms with Crippen molar-refractivity contribution in [2.24, 2.45) is 0 Å². The molecule has 0 amide bonds. The fraction of sp³-hybridized carbons (Fsp3) is 0.667. The van der Waals surface area contributed by atoms with Gasteiger partial charge >= 0.3 is 0 Å². The van der Waals surface area contributed by atoms with Gasteiger partial charge in [-0.2, -0.15) is 0 Å². The Morgan fingerprint density at radius 2 is 2.32 bits per heavy atom. The van der Waals surface area contributed by atoms with Crippen molar-refractivity contribution in [1.82, 2.24) is 10.3 Å². The highest BCUT2D eigenvalue weighted by atomic mass is 16.5. The molecule has 4 heteroatoms. The molecule has 0 bridgehead atoms. The summed E-state index contributed by atoms with van der Waals surface area (Å²) < 4.78 is 5.76. The summed E-state index contributed by atoms with van der Waals surface area (Å²) in [5.74, 6) is 0. The van der Waals surface area contributed by atoms with Gasteiger partial charge in [0, 0.05) is 42.8 Å². The van der Waals surface area contributed by atoms with E-state index >= 15 is 0 Å². The lowest BCUT2D eigenvalue weighted by Gasteiger charge is -2.35. The lowest BCUT2D eigenvalue weighted by Crippen LogP contribution is -2.42. The van der Waals surface area contributed by atoms with Crippen LogP contribution in [0, 0.1) is 6.92 Å². The van der Waals surface area contributed by atoms with Crippen LogP contribution in [0.5, 0.6) is 0 Å². The van der Waals surface area contributed by atoms with Crippen LogP contribution >= 0.6 is 0 Å². The maximum absolute atomic E-state index is 5.76. The molecule has 1 saturated heterocycles. The third-order valence-corrected chi connectivity index (χ3v) is 3.60. The number of nitrogens with zero attached hydrogens (tertiary/aromatic N) is 2. The van der Waals surface area contributed by atoms with Crippen LogP contribution in [0.4, 0.5) is 5.69 Å². The zero-order chi connectivity index (χ0) is 13.7. The standard InChI is InChI=1S/C15H25N3O/c1-4-14-11-18(6-7-19-14)15-8-12(3)17-10-13(15)9-16-5-2/h8,10,14,16H,4-7,9,11H2,1-3H3. The monoisotopic (exact) mass is 263 g/mol. The van der Waals surface area contributed by atoms with E-state index in [-0.39, 0.29) is 0 Å². The van der Waals surface area contributed by atoms with E-state index in [9.17, 15) is 0 Å². The van der Waals surface area contributed by atoms with Crippen molar-refractivity contribution in [3.8, 4) is 0 Å². The predicted octanol–water partition coefficient (Wildman–Crippen LogP) is 2.11. The molecule has 2 rings (SSSR count). The summed E-state index contributed by atoms with van der Waals surface area (Å²) in [6.07, 6.45) is 3.43. The first-order chi connectivity index (χ1) is 9.24. The summed E-state index contributed by atoms with van der Waals surface area (Å²) in [4.78, 5) is 6.87. The minimum absolute atomic E-state index is 0.356. The SMILES string of the molecule is CCNCc1cnc(C)cc1N1CCOC(CC)C1. The van der Waals surface area contributed by atoms with Gasteiger partial charge in [0.25, 0.3) is 0 Å². The Hall–Kier alpha value is -1.13. The van der Waals surface area contributed by atoms with Gasteiger partial charge in [0.05, 0.1) is 12.7 Å². The van der Waals surface area contributed by atoms with Crippen LogP contribution in [-0.2, 0) is 11.3 Å². The first kappa shape index (κ1) is 14.3. The molecule has 1 aliphatic heterocycles. The number of rotatable bonds is 5. The summed E-state index contributed by atoms with van der Waals surface area (Å²) in [7, 11) is 0. The van der Waals surface area contributed by atoms with Gasteiger partial charge in [-0.05, 0) is 26.0 Å². The van der Waals surface area contributed by atoms with Crippen LogP contribution in [0.15, 0.2) is 12.3 Å². The molecule has 106 valence electrons. The Balaban J connectivity index is 2.18. The molecule has 0 aliphatic carbocycles. The number of hydrogen-bond acceptors (Lipinski definition) is 4. The van der Waals surface area contributed by atoms with E-state index in [1.807, 2.05) is 6.20 Å². The van der Waals surface area contributed by atoms with Crippen molar-refractivity contribution < 1.29 is 4.74 Å². The molecule has 1 aromatic heterocycles. The minimum atomic E-state index is 0.356. The Morgan fingerprint density at radius 3 is 3.05 bits per heavy atom. The summed E-state index contributed by atoms with van der Waals surface area (Å²) in [5, 5.41) is 3.39. The Labute approximate surface area is 116 Å². The fourth-order valence-corrected chi connectivity index (χ4v) is 2.45. The van der Waals surface area contributed by atoms with Crippen LogP contribution in [0.2, 0.25) is 0 Å². The summed E-state index contributed by atoms with van der Waals surface area (Å²) >= 11 is 0. The highest BCUT2D eigenvalue weighted by Crippen LogP contribution is 2.23. The largest absolute Gasteiger partial charge is 0.375 e. The lowest BCUT2D eigenvalue weighted by molar-refractivity contribution is 0.0383. The van der Waals surface area contributed by atoms with Crippen molar-refractivity contribution in [1.29, 1.82) is 0 Å². The number of aryl methyl sites for hydroxylation is 1. The van der Waals surface area contributed by atoms with E-state index < -0.39 is 0 Å². The minimum Gasteiger partial charge on any atom is -0.375 e. The highest BCUT2D eigenvalue weighted by molar-refractivity contribution is 5.54. The maximum Gasteiger partial charge on any atom is 0.0748 e. The predicted molar refractivity (Wildman–Crippen MR) is 78.6 cm³/mol. The quantitative estimate of drug-likeness (QED) is 0.883. The fourth-order valence-electron chi connectivity index (χ4n) is 2.45. The van der Waals surface area contributed by atoms with Gasteiger partial charge in [-0.25, -0.2) is 0 Å². The van der Waals surface area contributed by atoms with Gasteiger partial charge in [0.2, 0.25) is 0 Å². The van der Waals surface area contributed by atoms with E-state index in [1.54, 1.807) is 0 Å². The van der Waals surface area contributed by atoms with Gasteiger partial charge in [-0.15, -0.1) is 0 Å². The molecule has 0 saturated carbocycles. The number of anilines is 1. The van der Waals surface area contributed by atoms with Gasteiger partial charge in [0.1, 0.15) is 0 Å². The maximum atomic E-state index is 5.76. The smallest absolute Gasteiger partial charge is 0.0748 e. The van der Waals surface area contributed by atoms with Crippen molar-refractivity contribution in [3.63, 3.8) is 0 Å². The van der Waals surface area contributed by atoms with Crippen molar-refractivity contribution in [3.05, 3.63) is 23.5 Å². The third kappa shape index (κ3) is 3.67. The average Bonchev–Trinajstić information content (AvgIpc) is 2.46. The molecule has 1 fully saturated rings. The zero-order valence-corrected chi connectivity index (χ0v) is 12.3. The highest BCUT2D eigenvalue weighted by Gasteiger charge is 2.21. The van der Waals surface area contributed by atoms with Gasteiger partial charge in [-0.3, -0.25) is 4.98 Å². The second kappa shape index (κ2) is 6.87. The lowest BCUT2D eigenvalue weighted by atomic mass is 10.1. The summed E-state index contributed by atoms with van der Waals surface area (Å²) in [6, 6.07) is 2.20. The molecule has 0 aromatic carbocycles. The molecule has 2 heterocycles. The molecule has 0 radical (unpaired) electrons. The average molecular weight is 263 g/mol. The number of hydrogen-bond donors (Lipinski definition) is 1. The van der Waals surface area contributed by atoms with E-state index in [0.717, 1.165) is 44.9 Å². The van der Waals surface area contributed by atoms with Crippen molar-refractivity contribution in [2.75, 3.05) is 31.1 Å². The van der Waals surface area contributed by atoms with E-state index in [4.69, 9.17) is 4.74 Å². The number of ether oxygens (including phenoxy) is 1. The normalized spacial score (nSPS) is 19.7. The molecule has 4 nitrogen and oxygen atoms in total. The van der Waals surface area contributed by atoms with Crippen LogP contribution in [-0.4, -0.2) is 37.3 Å². The van der Waals surface area contributed by atoms with Gasteiger partial charge in [-0.1, -0.05) is 13.8 Å². The van der Waals surface area contributed by atoms with Crippen molar-refractivity contribution in [2.45, 2.75) is 39.8 Å². The zero-order valence-electron chi connectivity index (χ0n) is 12.3. The van der Waals surface area contributed by atoms with E-state index in [0.29, 0.717) is 6.10 Å². The number of nitrogens with one attached hydrogen (secondary N) is 1. The summed E-state index contributed by atoms with van der Waals surface area (Å²) in [5.41, 5.74) is 3.68. The van der Waals surface area contributed by atoms with Crippen molar-refractivity contribution >= 4 is 5.69 Å². The molecule has 1 aliphatic rings. The molecule has 0 spiro atoms. The van der Waals surface area contributed by atoms with Crippen LogP contribution in [0.3, 0.4) is 0 Å². The van der Waals surface area contributed by atoms with Gasteiger partial charge in [0.15, 0.2) is 0 Å². The topological polar surface area (TPSA) is 37.4 Å². The summed E-state index contributed by atoms with van der Waals surface area (Å²) in [6.45, 7) is 11.0. The molecule has 1 N–H and O–H groups in total. The molecular formula is C15H25N3O.